The maximum atomic E-state index is 5.67. The predicted octanol–water partition coefficient (Wildman–Crippen LogP) is 3.50. The van der Waals surface area contributed by atoms with Gasteiger partial charge in [0.25, 0.3) is 0 Å². The van der Waals surface area contributed by atoms with Crippen LogP contribution in [0.2, 0.25) is 0 Å². The zero-order valence-corrected chi connectivity index (χ0v) is 17.1. The molecule has 0 aliphatic heterocycles. The Kier molecular flexibility index (Phi) is 9.35. The quantitative estimate of drug-likeness (QED) is 0.280. The summed E-state index contributed by atoms with van der Waals surface area (Å²) < 4.78 is 6.77. The van der Waals surface area contributed by atoms with Gasteiger partial charge in [-0.15, -0.1) is 24.0 Å². The van der Waals surface area contributed by atoms with Crippen LogP contribution in [0.1, 0.15) is 18.4 Å². The van der Waals surface area contributed by atoms with Crippen LogP contribution in [0.4, 0.5) is 0 Å². The minimum Gasteiger partial charge on any atom is -0.379 e. The summed E-state index contributed by atoms with van der Waals surface area (Å²) in [6, 6.07) is 8.28. The van der Waals surface area contributed by atoms with Gasteiger partial charge in [0.1, 0.15) is 0 Å². The molecule has 1 aromatic carbocycles. The first-order chi connectivity index (χ1) is 10.2. The maximum Gasteiger partial charge on any atom is 0.193 e. The van der Waals surface area contributed by atoms with Crippen molar-refractivity contribution in [3.63, 3.8) is 0 Å². The van der Waals surface area contributed by atoms with Gasteiger partial charge in [0.2, 0.25) is 0 Å². The van der Waals surface area contributed by atoms with Crippen molar-refractivity contribution in [2.45, 2.75) is 19.4 Å². The number of hydrogen-bond donors (Lipinski definition) is 1. The second kappa shape index (κ2) is 10.4. The molecule has 1 saturated carbocycles. The number of ether oxygens (including phenoxy) is 1. The van der Waals surface area contributed by atoms with Crippen LogP contribution < -0.4 is 5.32 Å². The highest BCUT2D eigenvalue weighted by Gasteiger charge is 2.21. The molecule has 0 radical (unpaired) electrons. The number of aliphatic imine (C=N–C) groups is 1. The molecule has 1 aliphatic rings. The van der Waals surface area contributed by atoms with Crippen LogP contribution in [0.3, 0.4) is 0 Å². The van der Waals surface area contributed by atoms with E-state index >= 15 is 0 Å². The molecule has 1 N–H and O–H groups in total. The van der Waals surface area contributed by atoms with Gasteiger partial charge < -0.3 is 15.0 Å². The maximum absolute atomic E-state index is 5.67. The third-order valence-corrected chi connectivity index (χ3v) is 4.03. The summed E-state index contributed by atoms with van der Waals surface area (Å²) in [6.07, 6.45) is 2.68. The Bertz CT molecular complexity index is 480. The van der Waals surface area contributed by atoms with Crippen LogP contribution >= 0.6 is 39.9 Å². The van der Waals surface area contributed by atoms with Gasteiger partial charge in [-0.3, -0.25) is 4.99 Å². The molecule has 6 heteroatoms. The van der Waals surface area contributed by atoms with Crippen molar-refractivity contribution in [3.05, 3.63) is 34.3 Å². The van der Waals surface area contributed by atoms with Crippen molar-refractivity contribution < 1.29 is 4.74 Å². The van der Waals surface area contributed by atoms with E-state index in [1.165, 1.54) is 18.4 Å². The lowest BCUT2D eigenvalue weighted by Gasteiger charge is -2.22. The molecule has 1 fully saturated rings. The molecule has 0 heterocycles. The minimum atomic E-state index is 0. The highest BCUT2D eigenvalue weighted by atomic mass is 127. The summed E-state index contributed by atoms with van der Waals surface area (Å²) in [6.45, 7) is 3.28. The number of nitrogens with one attached hydrogen (secondary N) is 1. The van der Waals surface area contributed by atoms with Crippen LogP contribution in [-0.2, 0) is 11.3 Å². The van der Waals surface area contributed by atoms with Crippen LogP contribution in [0.25, 0.3) is 0 Å². The van der Waals surface area contributed by atoms with Crippen LogP contribution in [0.15, 0.2) is 33.7 Å². The minimum absolute atomic E-state index is 0. The molecule has 124 valence electrons. The van der Waals surface area contributed by atoms with E-state index in [0.29, 0.717) is 0 Å². The van der Waals surface area contributed by atoms with Gasteiger partial charge in [-0.05, 0) is 36.5 Å². The molecule has 0 aromatic heterocycles. The van der Waals surface area contributed by atoms with E-state index in [9.17, 15) is 0 Å². The Labute approximate surface area is 158 Å². The van der Waals surface area contributed by atoms with Crippen molar-refractivity contribution in [3.8, 4) is 0 Å². The normalized spacial score (nSPS) is 14.4. The van der Waals surface area contributed by atoms with Gasteiger partial charge in [0.15, 0.2) is 5.96 Å². The molecule has 0 spiro atoms. The predicted molar refractivity (Wildman–Crippen MR) is 106 cm³/mol. The molecule has 0 bridgehead atoms. The number of nitrogens with zero attached hydrogens (tertiary/aromatic N) is 2. The number of likely N-dealkylation sites (N-methyl/N-ethyl adjacent to an activating group) is 1. The van der Waals surface area contributed by atoms with E-state index < -0.39 is 0 Å². The second-order valence-corrected chi connectivity index (χ2v) is 6.39. The molecule has 2 rings (SSSR count). The van der Waals surface area contributed by atoms with Crippen molar-refractivity contribution in [2.24, 2.45) is 10.9 Å². The summed E-state index contributed by atoms with van der Waals surface area (Å²) in [5.41, 5.74) is 1.23. The average molecular weight is 482 g/mol. The third kappa shape index (κ3) is 7.28. The Balaban J connectivity index is 0.00000242. The number of benzene rings is 1. The second-order valence-electron chi connectivity index (χ2n) is 5.47. The Morgan fingerprint density at radius 1 is 1.45 bits per heavy atom. The van der Waals surface area contributed by atoms with Crippen LogP contribution in [0, 0.1) is 5.92 Å². The number of guanidine groups is 1. The molecule has 4 nitrogen and oxygen atoms in total. The first-order valence-electron chi connectivity index (χ1n) is 7.43. The van der Waals surface area contributed by atoms with E-state index in [1.54, 1.807) is 0 Å². The van der Waals surface area contributed by atoms with E-state index in [-0.39, 0.29) is 24.0 Å². The van der Waals surface area contributed by atoms with Crippen molar-refractivity contribution in [2.75, 3.05) is 33.9 Å². The molecular weight excluding hydrogens is 457 g/mol. The molecule has 1 aliphatic carbocycles. The molecule has 22 heavy (non-hydrogen) atoms. The first-order valence-corrected chi connectivity index (χ1v) is 8.22. The van der Waals surface area contributed by atoms with Gasteiger partial charge >= 0.3 is 0 Å². The van der Waals surface area contributed by atoms with Gasteiger partial charge in [0.05, 0.1) is 6.61 Å². The lowest BCUT2D eigenvalue weighted by Crippen LogP contribution is -2.40. The summed E-state index contributed by atoms with van der Waals surface area (Å²) in [5.74, 6) is 1.72. The number of halogens is 2. The summed E-state index contributed by atoms with van der Waals surface area (Å²) in [5, 5.41) is 3.37. The Morgan fingerprint density at radius 2 is 2.23 bits per heavy atom. The van der Waals surface area contributed by atoms with Crippen LogP contribution in [-0.4, -0.2) is 44.7 Å². The number of hydrogen-bond acceptors (Lipinski definition) is 2. The highest BCUT2D eigenvalue weighted by molar-refractivity contribution is 14.0. The molecular formula is C16H25BrIN3O. The van der Waals surface area contributed by atoms with E-state index in [0.717, 1.165) is 42.7 Å². The fourth-order valence-electron chi connectivity index (χ4n) is 2.05. The zero-order chi connectivity index (χ0) is 15.1. The van der Waals surface area contributed by atoms with Crippen LogP contribution in [0.5, 0.6) is 0 Å². The first kappa shape index (κ1) is 19.7. The lowest BCUT2D eigenvalue weighted by atomic mass is 10.2. The van der Waals surface area contributed by atoms with Crippen molar-refractivity contribution in [1.82, 2.24) is 10.2 Å². The zero-order valence-electron chi connectivity index (χ0n) is 13.2. The summed E-state index contributed by atoms with van der Waals surface area (Å²) in [7, 11) is 3.85. The van der Waals surface area contributed by atoms with Gasteiger partial charge in [-0.2, -0.15) is 0 Å². The lowest BCUT2D eigenvalue weighted by molar-refractivity contribution is 0.115. The van der Waals surface area contributed by atoms with E-state index in [2.05, 4.69) is 43.3 Å². The topological polar surface area (TPSA) is 36.9 Å². The summed E-state index contributed by atoms with van der Waals surface area (Å²) >= 11 is 3.49. The fourth-order valence-corrected chi connectivity index (χ4v) is 2.50. The standard InChI is InChI=1S/C16H24BrN3O.HI/c1-18-16(19-11-14-4-3-5-15(17)10-14)20(2)8-9-21-12-13-6-7-13;/h3-5,10,13H,6-9,11-12H2,1-2H3,(H,18,19);1H. The smallest absolute Gasteiger partial charge is 0.193 e. The number of rotatable bonds is 7. The largest absolute Gasteiger partial charge is 0.379 e. The van der Waals surface area contributed by atoms with Crippen molar-refractivity contribution >= 4 is 45.9 Å². The van der Waals surface area contributed by atoms with E-state index in [4.69, 9.17) is 4.74 Å². The van der Waals surface area contributed by atoms with Gasteiger partial charge in [-0.1, -0.05) is 28.1 Å². The van der Waals surface area contributed by atoms with Gasteiger partial charge in [0, 0.05) is 38.3 Å². The molecule has 0 saturated heterocycles. The Morgan fingerprint density at radius 3 is 2.86 bits per heavy atom. The third-order valence-electron chi connectivity index (χ3n) is 3.53. The average Bonchev–Trinajstić information content (AvgIpc) is 3.28. The molecule has 1 aromatic rings. The monoisotopic (exact) mass is 481 g/mol. The highest BCUT2D eigenvalue weighted by Crippen LogP contribution is 2.28. The van der Waals surface area contributed by atoms with Crippen molar-refractivity contribution in [1.29, 1.82) is 0 Å². The summed E-state index contributed by atoms with van der Waals surface area (Å²) in [4.78, 5) is 6.42. The molecule has 0 unspecified atom stereocenters. The molecule has 0 amide bonds. The Hall–Kier alpha value is -0.340. The van der Waals surface area contributed by atoms with Gasteiger partial charge in [-0.25, -0.2) is 0 Å². The molecule has 0 atom stereocenters. The van der Waals surface area contributed by atoms with E-state index in [1.807, 2.05) is 26.2 Å². The SMILES string of the molecule is CN=C(NCc1cccc(Br)c1)N(C)CCOCC1CC1.I. The fraction of sp³-hybridized carbons (Fsp3) is 0.562.